The van der Waals surface area contributed by atoms with Gasteiger partial charge < -0.3 is 39.7 Å². The number of hydrogen-bond acceptors (Lipinski definition) is 0. The Morgan fingerprint density at radius 2 is 1.25 bits per heavy atom. The van der Waals surface area contributed by atoms with Gasteiger partial charge in [0.15, 0.2) is 0 Å². The maximum Gasteiger partial charge on any atom is 2.00 e. The van der Waals surface area contributed by atoms with Gasteiger partial charge in [-0.3, -0.25) is 6.08 Å². The average Bonchev–Trinajstić information content (AvgIpc) is 3.10. The minimum Gasteiger partial charge on any atom is -1.00 e. The van der Waals surface area contributed by atoms with Crippen LogP contribution in [0.1, 0.15) is 13.8 Å². The van der Waals surface area contributed by atoms with E-state index in [-0.39, 0.29) is 73.3 Å². The molecule has 0 saturated heterocycles. The molecule has 3 aromatic rings. The Morgan fingerprint density at radius 3 is 1.58 bits per heavy atom. The molecule has 0 unspecified atom stereocenters. The number of fused-ring (bicyclic) bond motifs is 3. The molecule has 4 rings (SSSR count). The van der Waals surface area contributed by atoms with Gasteiger partial charge in [0.1, 0.15) is 0 Å². The molecule has 0 N–H and O–H groups in total. The molecule has 24 heavy (non-hydrogen) atoms. The summed E-state index contributed by atoms with van der Waals surface area (Å²) in [4.78, 5) is 0. The topological polar surface area (TPSA) is 0 Å². The van der Waals surface area contributed by atoms with Crippen molar-refractivity contribution in [1.82, 2.24) is 0 Å². The average molecular weight is 439 g/mol. The van der Waals surface area contributed by atoms with Crippen LogP contribution in [0.25, 0.3) is 21.5 Å². The molecule has 0 aromatic heterocycles. The second-order valence-electron chi connectivity index (χ2n) is 4.32. The van der Waals surface area contributed by atoms with E-state index in [0.717, 1.165) is 6.42 Å². The van der Waals surface area contributed by atoms with E-state index in [1.807, 2.05) is 12.2 Å². The van der Waals surface area contributed by atoms with Crippen LogP contribution in [0.2, 0.25) is 0 Å². The third-order valence-electron chi connectivity index (χ3n) is 3.11. The summed E-state index contributed by atoms with van der Waals surface area (Å²) in [5, 5.41) is 5.39. The summed E-state index contributed by atoms with van der Waals surface area (Å²) in [6.45, 7) is 0. The number of hydrogen-bond donors (Lipinski definition) is 0. The number of rotatable bonds is 0. The van der Waals surface area contributed by atoms with Gasteiger partial charge in [0.05, 0.1) is 0 Å². The van der Waals surface area contributed by atoms with E-state index in [4.69, 9.17) is 0 Å². The molecule has 0 amide bonds. The Balaban J connectivity index is -0.000000163. The monoisotopic (exact) mass is 436 g/mol. The molecule has 0 atom stereocenters. The molecular formula is C21H24Cl2Zr-4. The van der Waals surface area contributed by atoms with E-state index in [1.54, 1.807) is 0 Å². The largest absolute Gasteiger partial charge is 2.00 e. The Morgan fingerprint density at radius 1 is 0.792 bits per heavy atom. The molecular weight excluding hydrogens is 414 g/mol. The number of allylic oxidation sites excluding steroid dienone is 4. The first kappa shape index (κ1) is 31.1. The van der Waals surface area contributed by atoms with E-state index in [2.05, 4.69) is 66.7 Å². The van der Waals surface area contributed by atoms with E-state index < -0.39 is 0 Å². The molecule has 0 saturated carbocycles. The molecule has 3 heteroatoms. The van der Waals surface area contributed by atoms with Crippen LogP contribution in [-0.2, 0) is 26.2 Å². The van der Waals surface area contributed by atoms with Gasteiger partial charge in [-0.25, -0.2) is 12.2 Å². The van der Waals surface area contributed by atoms with Crippen molar-refractivity contribution < 1.29 is 51.0 Å². The van der Waals surface area contributed by atoms with Crippen molar-refractivity contribution in [2.24, 2.45) is 0 Å². The molecule has 0 heterocycles. The smallest absolute Gasteiger partial charge is 1.00 e. The third-order valence-corrected chi connectivity index (χ3v) is 3.11. The molecule has 3 aromatic carbocycles. The van der Waals surface area contributed by atoms with Crippen LogP contribution in [0.5, 0.6) is 0 Å². The van der Waals surface area contributed by atoms with Gasteiger partial charge >= 0.3 is 26.2 Å². The van der Waals surface area contributed by atoms with Gasteiger partial charge in [0.25, 0.3) is 0 Å². The maximum atomic E-state index is 2.99. The Kier molecular flexibility index (Phi) is 20.4. The van der Waals surface area contributed by atoms with Gasteiger partial charge in [0.2, 0.25) is 0 Å². The molecule has 0 spiro atoms. The minimum atomic E-state index is 0. The Hall–Kier alpha value is -0.747. The molecule has 0 aliphatic heterocycles. The van der Waals surface area contributed by atoms with Gasteiger partial charge in [-0.1, -0.05) is 43.8 Å². The van der Waals surface area contributed by atoms with Crippen molar-refractivity contribution in [1.29, 1.82) is 0 Å². The third kappa shape index (κ3) is 7.43. The van der Waals surface area contributed by atoms with Crippen LogP contribution < -0.4 is 24.8 Å². The molecule has 0 nitrogen and oxygen atoms in total. The predicted octanol–water partition coefficient (Wildman–Crippen LogP) is 0.560. The molecule has 130 valence electrons. The predicted molar refractivity (Wildman–Crippen MR) is 98.2 cm³/mol. The summed E-state index contributed by atoms with van der Waals surface area (Å²) in [7, 11) is 0. The Bertz CT molecular complexity index is 666. The van der Waals surface area contributed by atoms with Crippen molar-refractivity contribution in [3.05, 3.63) is 93.8 Å². The van der Waals surface area contributed by atoms with Gasteiger partial charge in [-0.2, -0.15) is 6.08 Å². The van der Waals surface area contributed by atoms with E-state index >= 15 is 0 Å². The van der Waals surface area contributed by atoms with Crippen molar-refractivity contribution in [3.63, 3.8) is 0 Å². The van der Waals surface area contributed by atoms with E-state index in [1.165, 1.54) is 21.5 Å². The molecule has 0 bridgehead atoms. The second-order valence-corrected chi connectivity index (χ2v) is 4.32. The van der Waals surface area contributed by atoms with Gasteiger partial charge in [0, 0.05) is 0 Å². The van der Waals surface area contributed by atoms with E-state index in [9.17, 15) is 0 Å². The Labute approximate surface area is 179 Å². The molecule has 0 radical (unpaired) electrons. The quantitative estimate of drug-likeness (QED) is 0.450. The zero-order valence-electron chi connectivity index (χ0n) is 13.4. The first-order valence-corrected chi connectivity index (χ1v) is 6.20. The fourth-order valence-electron chi connectivity index (χ4n) is 2.24. The SMILES string of the molecule is C.[C-]1=CC=CC1.[CH3-].[CH3-].[Cl-].[Cl-].[Zr+2].c1ccc2c(c1)[cH-]c1ccccc12. The fourth-order valence-corrected chi connectivity index (χ4v) is 2.24. The van der Waals surface area contributed by atoms with Crippen molar-refractivity contribution in [3.8, 4) is 0 Å². The first-order chi connectivity index (χ1) is 8.95. The van der Waals surface area contributed by atoms with Crippen molar-refractivity contribution in [2.45, 2.75) is 13.8 Å². The maximum absolute atomic E-state index is 2.99. The van der Waals surface area contributed by atoms with Crippen molar-refractivity contribution in [2.75, 3.05) is 0 Å². The number of benzene rings is 2. The summed E-state index contributed by atoms with van der Waals surface area (Å²) >= 11 is 0. The first-order valence-electron chi connectivity index (χ1n) is 6.20. The van der Waals surface area contributed by atoms with Crippen LogP contribution in [0.4, 0.5) is 0 Å². The van der Waals surface area contributed by atoms with Crippen LogP contribution in [0.3, 0.4) is 0 Å². The van der Waals surface area contributed by atoms with Crippen molar-refractivity contribution >= 4 is 21.5 Å². The van der Waals surface area contributed by atoms with Crippen LogP contribution in [0, 0.1) is 20.9 Å². The normalized spacial score (nSPS) is 9.67. The summed E-state index contributed by atoms with van der Waals surface area (Å²) in [6, 6.07) is 19.3. The van der Waals surface area contributed by atoms with Crippen LogP contribution in [0.15, 0.2) is 72.8 Å². The van der Waals surface area contributed by atoms with Gasteiger partial charge in [-0.15, -0.1) is 46.2 Å². The van der Waals surface area contributed by atoms with Crippen LogP contribution in [-0.4, -0.2) is 0 Å². The zero-order chi connectivity index (χ0) is 12.2. The summed E-state index contributed by atoms with van der Waals surface area (Å²) in [5.74, 6) is 0. The minimum absolute atomic E-state index is 0. The molecule has 1 aliphatic rings. The van der Waals surface area contributed by atoms with E-state index in [0.29, 0.717) is 0 Å². The van der Waals surface area contributed by atoms with Crippen LogP contribution >= 0.6 is 0 Å². The zero-order valence-corrected chi connectivity index (χ0v) is 17.4. The molecule has 0 fully saturated rings. The molecule has 1 aliphatic carbocycles. The fraction of sp³-hybridized carbons (Fsp3) is 0.0952. The van der Waals surface area contributed by atoms with Gasteiger partial charge in [-0.05, 0) is 0 Å². The summed E-state index contributed by atoms with van der Waals surface area (Å²) in [6.07, 6.45) is 10.0. The standard InChI is InChI=1S/C13H9.C5H5.CH4.2CH3.2ClH.Zr/c1-3-7-12-10(5-1)9-11-6-2-4-8-13(11)12;1-2-4-5-3-1;;;;;;/h1-9H;1-3H,4H2;1H4;2*1H3;2*1H;/q2*-1;;2*-1;;;+2/p-2. The number of halogens is 2. The second kappa shape index (κ2) is 15.8. The summed E-state index contributed by atoms with van der Waals surface area (Å²) in [5.41, 5.74) is 0. The summed E-state index contributed by atoms with van der Waals surface area (Å²) < 4.78 is 0.